The van der Waals surface area contributed by atoms with Gasteiger partial charge in [-0.3, -0.25) is 4.79 Å². The van der Waals surface area contributed by atoms with Crippen molar-refractivity contribution in [1.82, 2.24) is 19.6 Å². The molecule has 0 saturated heterocycles. The van der Waals surface area contributed by atoms with Crippen LogP contribution < -0.4 is 11.1 Å². The number of hydrogen-bond donors (Lipinski definition) is 2. The van der Waals surface area contributed by atoms with Crippen LogP contribution >= 0.6 is 0 Å². The fourth-order valence-electron chi connectivity index (χ4n) is 4.67. The standard InChI is InChI=1S/C29H26N6O/c30-29(16-7-17-29)22-14-12-21(13-15-22)27-24(20-8-3-1-4-9-20)19-35-28(33-27)32-25(34-35)18-26(36)31-23-10-5-2-6-11-23/h1-6,8-15,19H,7,16-18,30H2,(H,31,36). The van der Waals surface area contributed by atoms with Crippen LogP contribution in [0.2, 0.25) is 0 Å². The van der Waals surface area contributed by atoms with Gasteiger partial charge in [-0.2, -0.15) is 4.98 Å². The van der Waals surface area contributed by atoms with Crippen LogP contribution in [0, 0.1) is 0 Å². The first-order valence-corrected chi connectivity index (χ1v) is 12.1. The van der Waals surface area contributed by atoms with E-state index < -0.39 is 0 Å². The first-order chi connectivity index (χ1) is 17.6. The molecule has 1 amide bonds. The van der Waals surface area contributed by atoms with E-state index in [-0.39, 0.29) is 17.9 Å². The summed E-state index contributed by atoms with van der Waals surface area (Å²) >= 11 is 0. The van der Waals surface area contributed by atoms with E-state index in [1.165, 1.54) is 6.42 Å². The third-order valence-corrected chi connectivity index (χ3v) is 6.82. The highest BCUT2D eigenvalue weighted by molar-refractivity contribution is 5.91. The number of benzene rings is 3. The minimum absolute atomic E-state index is 0.0571. The van der Waals surface area contributed by atoms with Crippen LogP contribution in [0.25, 0.3) is 28.2 Å². The van der Waals surface area contributed by atoms with Crippen LogP contribution in [0.5, 0.6) is 0 Å². The number of nitrogens with zero attached hydrogens (tertiary/aromatic N) is 4. The molecule has 3 N–H and O–H groups in total. The van der Waals surface area contributed by atoms with Crippen LogP contribution in [0.1, 0.15) is 30.7 Å². The van der Waals surface area contributed by atoms with Crippen molar-refractivity contribution in [3.63, 3.8) is 0 Å². The predicted molar refractivity (Wildman–Crippen MR) is 140 cm³/mol. The summed E-state index contributed by atoms with van der Waals surface area (Å²) in [7, 11) is 0. The number of carbonyl (C=O) groups is 1. The Labute approximate surface area is 209 Å². The van der Waals surface area contributed by atoms with Crippen LogP contribution in [-0.2, 0) is 16.8 Å². The third kappa shape index (κ3) is 4.25. The molecule has 36 heavy (non-hydrogen) atoms. The van der Waals surface area contributed by atoms with Gasteiger partial charge in [0.2, 0.25) is 5.91 Å². The lowest BCUT2D eigenvalue weighted by atomic mass is 9.72. The fraction of sp³-hybridized carbons (Fsp3) is 0.172. The van der Waals surface area contributed by atoms with Crippen LogP contribution in [0.4, 0.5) is 5.69 Å². The lowest BCUT2D eigenvalue weighted by Crippen LogP contribution is -2.43. The molecule has 6 rings (SSSR count). The molecule has 1 aliphatic rings. The number of hydrogen-bond acceptors (Lipinski definition) is 5. The van der Waals surface area contributed by atoms with Crippen molar-refractivity contribution in [3.8, 4) is 22.4 Å². The molecule has 1 saturated carbocycles. The Morgan fingerprint density at radius 2 is 1.58 bits per heavy atom. The minimum Gasteiger partial charge on any atom is -0.326 e. The maximum Gasteiger partial charge on any atom is 0.253 e. The molecule has 7 nitrogen and oxygen atoms in total. The molecule has 7 heteroatoms. The molecule has 0 spiro atoms. The molecule has 5 aromatic rings. The maximum absolute atomic E-state index is 12.5. The van der Waals surface area contributed by atoms with E-state index in [1.54, 1.807) is 4.52 Å². The Morgan fingerprint density at radius 3 is 2.25 bits per heavy atom. The number of nitrogens with one attached hydrogen (secondary N) is 1. The highest BCUT2D eigenvalue weighted by atomic mass is 16.1. The first kappa shape index (κ1) is 22.1. The molecule has 0 aliphatic heterocycles. The summed E-state index contributed by atoms with van der Waals surface area (Å²) in [6, 6.07) is 27.8. The molecule has 0 unspecified atom stereocenters. The predicted octanol–water partition coefficient (Wildman–Crippen LogP) is 4.98. The van der Waals surface area contributed by atoms with Crippen molar-refractivity contribution in [1.29, 1.82) is 0 Å². The monoisotopic (exact) mass is 474 g/mol. The van der Waals surface area contributed by atoms with Gasteiger partial charge in [0.1, 0.15) is 0 Å². The lowest BCUT2D eigenvalue weighted by Gasteiger charge is -2.38. The molecule has 2 heterocycles. The van der Waals surface area contributed by atoms with E-state index in [0.717, 1.165) is 46.5 Å². The summed E-state index contributed by atoms with van der Waals surface area (Å²) in [5.41, 5.74) is 12.0. The van der Waals surface area contributed by atoms with Gasteiger partial charge in [-0.05, 0) is 42.5 Å². The van der Waals surface area contributed by atoms with Crippen molar-refractivity contribution >= 4 is 17.4 Å². The second kappa shape index (κ2) is 9.02. The topological polar surface area (TPSA) is 98.2 Å². The Morgan fingerprint density at radius 1 is 0.889 bits per heavy atom. The Kier molecular flexibility index (Phi) is 5.54. The molecule has 2 aromatic heterocycles. The smallest absolute Gasteiger partial charge is 0.253 e. The number of para-hydroxylation sites is 1. The summed E-state index contributed by atoms with van der Waals surface area (Å²) in [6.07, 6.45) is 5.20. The molecule has 3 aromatic carbocycles. The van der Waals surface area contributed by atoms with Gasteiger partial charge in [0.05, 0.1) is 12.1 Å². The zero-order valence-corrected chi connectivity index (χ0v) is 19.8. The van der Waals surface area contributed by atoms with Gasteiger partial charge in [0.15, 0.2) is 5.82 Å². The first-order valence-electron chi connectivity index (χ1n) is 12.1. The quantitative estimate of drug-likeness (QED) is 0.362. The average Bonchev–Trinajstić information content (AvgIpc) is 3.28. The molecule has 0 atom stereocenters. The molecule has 1 fully saturated rings. The van der Waals surface area contributed by atoms with E-state index in [2.05, 4.69) is 51.8 Å². The second-order valence-corrected chi connectivity index (χ2v) is 9.32. The SMILES string of the molecule is NC1(c2ccc(-c3nc4nc(CC(=O)Nc5ccccc5)nn4cc3-c3ccccc3)cc2)CCC1. The number of amides is 1. The van der Waals surface area contributed by atoms with Gasteiger partial charge < -0.3 is 11.1 Å². The number of anilines is 1. The highest BCUT2D eigenvalue weighted by Gasteiger charge is 2.34. The number of fused-ring (bicyclic) bond motifs is 1. The maximum atomic E-state index is 12.5. The highest BCUT2D eigenvalue weighted by Crippen LogP contribution is 2.39. The molecule has 0 bridgehead atoms. The van der Waals surface area contributed by atoms with Gasteiger partial charge >= 0.3 is 0 Å². The van der Waals surface area contributed by atoms with E-state index in [0.29, 0.717) is 11.6 Å². The van der Waals surface area contributed by atoms with Gasteiger partial charge in [-0.1, -0.05) is 72.8 Å². The summed E-state index contributed by atoms with van der Waals surface area (Å²) in [4.78, 5) is 22.0. The number of aromatic nitrogens is 4. The molecule has 1 aliphatic carbocycles. The van der Waals surface area contributed by atoms with Crippen molar-refractivity contribution in [2.24, 2.45) is 5.73 Å². The molecule has 178 valence electrons. The van der Waals surface area contributed by atoms with E-state index in [9.17, 15) is 4.79 Å². The fourth-order valence-corrected chi connectivity index (χ4v) is 4.67. The Hall–Kier alpha value is -4.36. The summed E-state index contributed by atoms with van der Waals surface area (Å²) in [5, 5.41) is 7.42. The summed E-state index contributed by atoms with van der Waals surface area (Å²) in [5.74, 6) is 0.686. The Balaban J connectivity index is 1.36. The number of rotatable bonds is 6. The van der Waals surface area contributed by atoms with Crippen LogP contribution in [0.3, 0.4) is 0 Å². The number of nitrogens with two attached hydrogens (primary N) is 1. The Bertz CT molecular complexity index is 1520. The van der Waals surface area contributed by atoms with E-state index in [4.69, 9.17) is 10.7 Å². The number of carbonyl (C=O) groups excluding carboxylic acids is 1. The van der Waals surface area contributed by atoms with Gasteiger partial charge in [-0.25, -0.2) is 9.50 Å². The normalized spacial score (nSPS) is 14.4. The summed E-state index contributed by atoms with van der Waals surface area (Å²) < 4.78 is 1.65. The van der Waals surface area contributed by atoms with Crippen LogP contribution in [0.15, 0.2) is 91.1 Å². The van der Waals surface area contributed by atoms with Gasteiger partial charge in [-0.15, -0.1) is 5.10 Å². The van der Waals surface area contributed by atoms with Crippen molar-refractivity contribution < 1.29 is 4.79 Å². The molecular formula is C29H26N6O. The summed E-state index contributed by atoms with van der Waals surface area (Å²) in [6.45, 7) is 0. The zero-order valence-electron chi connectivity index (χ0n) is 19.8. The average molecular weight is 475 g/mol. The molecular weight excluding hydrogens is 448 g/mol. The van der Waals surface area contributed by atoms with E-state index in [1.807, 2.05) is 54.7 Å². The zero-order chi connectivity index (χ0) is 24.5. The third-order valence-electron chi connectivity index (χ3n) is 6.82. The minimum atomic E-state index is -0.208. The van der Waals surface area contributed by atoms with Crippen molar-refractivity contribution in [2.75, 3.05) is 5.32 Å². The van der Waals surface area contributed by atoms with Gasteiger partial charge in [0, 0.05) is 28.6 Å². The largest absolute Gasteiger partial charge is 0.326 e. The van der Waals surface area contributed by atoms with Crippen molar-refractivity contribution in [2.45, 2.75) is 31.2 Å². The van der Waals surface area contributed by atoms with E-state index >= 15 is 0 Å². The second-order valence-electron chi connectivity index (χ2n) is 9.32. The van der Waals surface area contributed by atoms with Crippen LogP contribution in [-0.4, -0.2) is 25.5 Å². The van der Waals surface area contributed by atoms with Crippen molar-refractivity contribution in [3.05, 3.63) is 103 Å². The van der Waals surface area contributed by atoms with Gasteiger partial charge in [0.25, 0.3) is 5.78 Å². The lowest BCUT2D eigenvalue weighted by molar-refractivity contribution is -0.115. The molecule has 0 radical (unpaired) electrons.